The molecule has 0 aliphatic carbocycles. The van der Waals surface area contributed by atoms with Gasteiger partial charge in [-0.3, -0.25) is 9.78 Å². The highest BCUT2D eigenvalue weighted by atomic mass is 32.2. The summed E-state index contributed by atoms with van der Waals surface area (Å²) in [5.74, 6) is 0.537. The van der Waals surface area contributed by atoms with Crippen molar-refractivity contribution < 1.29 is 9.21 Å². The number of nitrogens with one attached hydrogen (secondary N) is 1. The Bertz CT molecular complexity index is 931. The van der Waals surface area contributed by atoms with Crippen LogP contribution in [0.25, 0.3) is 10.9 Å². The fraction of sp³-hybridized carbons (Fsp3) is 0.318. The number of para-hydroxylation sites is 1. The Balaban J connectivity index is 1.50. The molecule has 1 amide bonds. The zero-order valence-electron chi connectivity index (χ0n) is 16.1. The standard InChI is InChI=1S/C22H25N3O2S/c1-2-3-4-5-6-12-20(26)25-24-16-18-13-14-21(27-18)28-19-11-7-9-17-10-8-15-23-22(17)19/h7-11,13-16H,2-6,12H2,1H3,(H,25,26)/b24-16+. The van der Waals surface area contributed by atoms with Crippen LogP contribution in [0, 0.1) is 0 Å². The second kappa shape index (κ2) is 10.7. The minimum absolute atomic E-state index is 0.0595. The van der Waals surface area contributed by atoms with Gasteiger partial charge in [0.2, 0.25) is 5.91 Å². The molecule has 3 rings (SSSR count). The number of furan rings is 1. The zero-order chi connectivity index (χ0) is 19.6. The Kier molecular flexibility index (Phi) is 7.67. The second-order valence-corrected chi connectivity index (χ2v) is 7.59. The molecule has 1 N–H and O–H groups in total. The molecule has 0 saturated heterocycles. The van der Waals surface area contributed by atoms with Gasteiger partial charge in [-0.2, -0.15) is 5.10 Å². The Morgan fingerprint density at radius 1 is 1.14 bits per heavy atom. The number of hydrazone groups is 1. The summed E-state index contributed by atoms with van der Waals surface area (Å²) in [5.41, 5.74) is 3.51. The maximum absolute atomic E-state index is 11.8. The first-order valence-electron chi connectivity index (χ1n) is 9.69. The molecule has 0 atom stereocenters. The number of carbonyl (C=O) groups is 1. The fourth-order valence-corrected chi connectivity index (χ4v) is 3.74. The summed E-state index contributed by atoms with van der Waals surface area (Å²) < 4.78 is 5.78. The lowest BCUT2D eigenvalue weighted by Gasteiger charge is -2.02. The van der Waals surface area contributed by atoms with Crippen molar-refractivity contribution in [3.63, 3.8) is 0 Å². The van der Waals surface area contributed by atoms with Gasteiger partial charge in [0.05, 0.1) is 11.7 Å². The Labute approximate surface area is 169 Å². The molecule has 146 valence electrons. The minimum atomic E-state index is -0.0595. The predicted molar refractivity (Wildman–Crippen MR) is 114 cm³/mol. The van der Waals surface area contributed by atoms with Gasteiger partial charge in [0, 0.05) is 22.9 Å². The van der Waals surface area contributed by atoms with Crippen molar-refractivity contribution in [1.82, 2.24) is 10.4 Å². The molecule has 0 radical (unpaired) electrons. The number of nitrogens with zero attached hydrogens (tertiary/aromatic N) is 2. The first-order chi connectivity index (χ1) is 13.8. The predicted octanol–water partition coefficient (Wildman–Crippen LogP) is 5.79. The third kappa shape index (κ3) is 5.96. The lowest BCUT2D eigenvalue weighted by atomic mass is 10.1. The van der Waals surface area contributed by atoms with Crippen molar-refractivity contribution in [2.24, 2.45) is 5.10 Å². The first-order valence-corrected chi connectivity index (χ1v) is 10.5. The van der Waals surface area contributed by atoms with E-state index < -0.39 is 0 Å². The first kappa shape index (κ1) is 20.1. The summed E-state index contributed by atoms with van der Waals surface area (Å²) in [6.07, 6.45) is 9.44. The van der Waals surface area contributed by atoms with E-state index in [2.05, 4.69) is 22.4 Å². The van der Waals surface area contributed by atoms with Crippen LogP contribution in [0.5, 0.6) is 0 Å². The molecule has 0 aliphatic heterocycles. The van der Waals surface area contributed by atoms with Crippen LogP contribution in [0.4, 0.5) is 0 Å². The van der Waals surface area contributed by atoms with E-state index in [1.165, 1.54) is 37.2 Å². The van der Waals surface area contributed by atoms with E-state index in [-0.39, 0.29) is 5.91 Å². The normalized spacial score (nSPS) is 11.3. The minimum Gasteiger partial charge on any atom is -0.448 e. The summed E-state index contributed by atoms with van der Waals surface area (Å²) in [6, 6.07) is 13.8. The van der Waals surface area contributed by atoms with E-state index in [4.69, 9.17) is 4.42 Å². The van der Waals surface area contributed by atoms with Crippen LogP contribution >= 0.6 is 11.8 Å². The molecule has 0 saturated carbocycles. The molecule has 0 fully saturated rings. The number of unbranched alkanes of at least 4 members (excludes halogenated alkanes) is 4. The monoisotopic (exact) mass is 395 g/mol. The summed E-state index contributed by atoms with van der Waals surface area (Å²) >= 11 is 1.52. The Morgan fingerprint density at radius 3 is 2.89 bits per heavy atom. The highest BCUT2D eigenvalue weighted by molar-refractivity contribution is 7.99. The number of hydrogen-bond donors (Lipinski definition) is 1. The molecule has 1 aromatic carbocycles. The quantitative estimate of drug-likeness (QED) is 0.268. The van der Waals surface area contributed by atoms with E-state index in [1.54, 1.807) is 6.20 Å². The van der Waals surface area contributed by atoms with E-state index in [1.807, 2.05) is 42.5 Å². The number of carbonyl (C=O) groups excluding carboxylic acids is 1. The molecule has 5 nitrogen and oxygen atoms in total. The van der Waals surface area contributed by atoms with E-state index in [9.17, 15) is 4.79 Å². The number of hydrogen-bond acceptors (Lipinski definition) is 5. The van der Waals surface area contributed by atoms with Crippen LogP contribution in [0.15, 0.2) is 68.2 Å². The van der Waals surface area contributed by atoms with E-state index in [0.29, 0.717) is 12.2 Å². The molecule has 6 heteroatoms. The average Bonchev–Trinajstić information content (AvgIpc) is 3.15. The number of pyridine rings is 1. The Hall–Kier alpha value is -2.60. The summed E-state index contributed by atoms with van der Waals surface area (Å²) in [6.45, 7) is 2.18. The zero-order valence-corrected chi connectivity index (χ0v) is 16.9. The highest BCUT2D eigenvalue weighted by Crippen LogP contribution is 2.33. The number of rotatable bonds is 10. The molecule has 0 unspecified atom stereocenters. The average molecular weight is 396 g/mol. The SMILES string of the molecule is CCCCCCCC(=O)N/N=C/c1ccc(Sc2cccc3cccnc23)o1. The van der Waals surface area contributed by atoms with Crippen molar-refractivity contribution in [2.45, 2.75) is 55.4 Å². The molecule has 2 aromatic heterocycles. The summed E-state index contributed by atoms with van der Waals surface area (Å²) in [5, 5.41) is 5.83. The number of fused-ring (bicyclic) bond motifs is 1. The van der Waals surface area contributed by atoms with Gasteiger partial charge < -0.3 is 4.42 Å². The lowest BCUT2D eigenvalue weighted by Crippen LogP contribution is -2.16. The van der Waals surface area contributed by atoms with Crippen LogP contribution < -0.4 is 5.43 Å². The van der Waals surface area contributed by atoms with Gasteiger partial charge in [-0.05, 0) is 42.4 Å². The van der Waals surface area contributed by atoms with Crippen LogP contribution in [0.3, 0.4) is 0 Å². The molecule has 0 bridgehead atoms. The molecule has 28 heavy (non-hydrogen) atoms. The molecule has 2 heterocycles. The van der Waals surface area contributed by atoms with Crippen LogP contribution in [-0.2, 0) is 4.79 Å². The smallest absolute Gasteiger partial charge is 0.240 e. The third-order valence-corrected chi connectivity index (χ3v) is 5.27. The molecular weight excluding hydrogens is 370 g/mol. The lowest BCUT2D eigenvalue weighted by molar-refractivity contribution is -0.121. The van der Waals surface area contributed by atoms with Crippen molar-refractivity contribution in [1.29, 1.82) is 0 Å². The van der Waals surface area contributed by atoms with Crippen LogP contribution in [0.2, 0.25) is 0 Å². The van der Waals surface area contributed by atoms with Gasteiger partial charge >= 0.3 is 0 Å². The van der Waals surface area contributed by atoms with Crippen molar-refractivity contribution in [3.8, 4) is 0 Å². The van der Waals surface area contributed by atoms with Crippen LogP contribution in [0.1, 0.15) is 51.2 Å². The summed E-state index contributed by atoms with van der Waals surface area (Å²) in [7, 11) is 0. The second-order valence-electron chi connectivity index (χ2n) is 6.55. The number of benzene rings is 1. The molecule has 3 aromatic rings. The van der Waals surface area contributed by atoms with Gasteiger partial charge in [0.1, 0.15) is 5.76 Å². The number of aromatic nitrogens is 1. The van der Waals surface area contributed by atoms with Crippen molar-refractivity contribution >= 4 is 34.8 Å². The highest BCUT2D eigenvalue weighted by Gasteiger charge is 2.07. The molecule has 0 aliphatic rings. The van der Waals surface area contributed by atoms with E-state index in [0.717, 1.165) is 33.7 Å². The van der Waals surface area contributed by atoms with Gasteiger partial charge in [-0.25, -0.2) is 5.43 Å². The van der Waals surface area contributed by atoms with E-state index >= 15 is 0 Å². The van der Waals surface area contributed by atoms with Gasteiger partial charge in [0.15, 0.2) is 5.09 Å². The maximum atomic E-state index is 11.8. The maximum Gasteiger partial charge on any atom is 0.240 e. The molecular formula is C22H25N3O2S. The number of amides is 1. The van der Waals surface area contributed by atoms with Gasteiger partial charge in [-0.1, -0.05) is 50.8 Å². The topological polar surface area (TPSA) is 67.5 Å². The Morgan fingerprint density at radius 2 is 2.00 bits per heavy atom. The van der Waals surface area contributed by atoms with Gasteiger partial charge in [0.25, 0.3) is 0 Å². The molecule has 0 spiro atoms. The summed E-state index contributed by atoms with van der Waals surface area (Å²) in [4.78, 5) is 17.3. The van der Waals surface area contributed by atoms with Crippen LogP contribution in [-0.4, -0.2) is 17.1 Å². The van der Waals surface area contributed by atoms with Gasteiger partial charge in [-0.15, -0.1) is 0 Å². The largest absolute Gasteiger partial charge is 0.448 e. The van der Waals surface area contributed by atoms with Crippen molar-refractivity contribution in [3.05, 3.63) is 54.4 Å². The fourth-order valence-electron chi connectivity index (χ4n) is 2.84. The van der Waals surface area contributed by atoms with Crippen molar-refractivity contribution in [2.75, 3.05) is 0 Å². The third-order valence-electron chi connectivity index (χ3n) is 4.30.